The number of halogens is 1. The molecule has 1 atom stereocenters. The van der Waals surface area contributed by atoms with E-state index in [-0.39, 0.29) is 0 Å². The van der Waals surface area contributed by atoms with Gasteiger partial charge in [-0.3, -0.25) is 0 Å². The van der Waals surface area contributed by atoms with Crippen LogP contribution in [0.15, 0.2) is 33.4 Å². The van der Waals surface area contributed by atoms with Gasteiger partial charge in [0.05, 0.1) is 10.6 Å². The number of hydrogen-bond donors (Lipinski definition) is 1. The summed E-state index contributed by atoms with van der Waals surface area (Å²) in [6, 6.07) is 5.78. The third kappa shape index (κ3) is 2.78. The molecule has 1 aromatic carbocycles. The molecular formula is C14H13BrO3S. The minimum absolute atomic E-state index is 0.540. The highest BCUT2D eigenvalue weighted by molar-refractivity contribution is 9.10. The van der Waals surface area contributed by atoms with Crippen LogP contribution >= 0.6 is 27.3 Å². The van der Waals surface area contributed by atoms with Gasteiger partial charge in [0, 0.05) is 6.42 Å². The molecule has 5 heteroatoms. The minimum Gasteiger partial charge on any atom is -0.486 e. The summed E-state index contributed by atoms with van der Waals surface area (Å²) in [5.74, 6) is 1.41. The van der Waals surface area contributed by atoms with Gasteiger partial charge in [0.15, 0.2) is 11.5 Å². The first-order valence-electron chi connectivity index (χ1n) is 6.02. The van der Waals surface area contributed by atoms with E-state index in [1.807, 2.05) is 23.6 Å². The highest BCUT2D eigenvalue weighted by Crippen LogP contribution is 2.40. The second kappa shape index (κ2) is 5.53. The summed E-state index contributed by atoms with van der Waals surface area (Å²) < 4.78 is 11.9. The number of fused-ring (bicyclic) bond motifs is 1. The van der Waals surface area contributed by atoms with Gasteiger partial charge in [0.25, 0.3) is 0 Å². The van der Waals surface area contributed by atoms with Crippen LogP contribution in [0.3, 0.4) is 0 Å². The Morgan fingerprint density at radius 3 is 2.95 bits per heavy atom. The predicted molar refractivity (Wildman–Crippen MR) is 78.1 cm³/mol. The number of aliphatic hydroxyl groups excluding tert-OH is 1. The van der Waals surface area contributed by atoms with Crippen molar-refractivity contribution in [3.63, 3.8) is 0 Å². The SMILES string of the molecule is OC(Cc1ccsc1)c1cc(Br)c2c(c1)OCCO2. The van der Waals surface area contributed by atoms with Crippen LogP contribution in [0, 0.1) is 0 Å². The number of ether oxygens (including phenoxy) is 2. The molecular weight excluding hydrogens is 328 g/mol. The van der Waals surface area contributed by atoms with E-state index in [1.165, 1.54) is 0 Å². The first-order valence-corrected chi connectivity index (χ1v) is 7.76. The van der Waals surface area contributed by atoms with Crippen LogP contribution in [0.1, 0.15) is 17.2 Å². The van der Waals surface area contributed by atoms with Crippen LogP contribution in [0.5, 0.6) is 11.5 Å². The number of hydrogen-bond acceptors (Lipinski definition) is 4. The maximum Gasteiger partial charge on any atom is 0.175 e. The van der Waals surface area contributed by atoms with Crippen molar-refractivity contribution in [2.24, 2.45) is 0 Å². The van der Waals surface area contributed by atoms with Crippen molar-refractivity contribution >= 4 is 27.3 Å². The molecule has 0 aliphatic carbocycles. The fraction of sp³-hybridized carbons (Fsp3) is 0.286. The second-order valence-electron chi connectivity index (χ2n) is 4.38. The van der Waals surface area contributed by atoms with E-state index in [4.69, 9.17) is 9.47 Å². The van der Waals surface area contributed by atoms with Crippen LogP contribution in [0.25, 0.3) is 0 Å². The third-order valence-corrected chi connectivity index (χ3v) is 4.33. The minimum atomic E-state index is -0.540. The normalized spacial score (nSPS) is 15.3. The number of aliphatic hydroxyl groups is 1. The van der Waals surface area contributed by atoms with Crippen LogP contribution in [-0.2, 0) is 6.42 Å². The van der Waals surface area contributed by atoms with E-state index < -0.39 is 6.10 Å². The summed E-state index contributed by atoms with van der Waals surface area (Å²) in [7, 11) is 0. The lowest BCUT2D eigenvalue weighted by Gasteiger charge is -2.21. The van der Waals surface area contributed by atoms with Crippen LogP contribution in [0.2, 0.25) is 0 Å². The topological polar surface area (TPSA) is 38.7 Å². The maximum atomic E-state index is 10.3. The van der Waals surface area contributed by atoms with Gasteiger partial charge in [0.2, 0.25) is 0 Å². The van der Waals surface area contributed by atoms with Crippen molar-refractivity contribution in [1.29, 1.82) is 0 Å². The van der Waals surface area contributed by atoms with Crippen molar-refractivity contribution in [2.45, 2.75) is 12.5 Å². The molecule has 3 rings (SSSR count). The summed E-state index contributed by atoms with van der Waals surface area (Å²) in [6.07, 6.45) is 0.0667. The summed E-state index contributed by atoms with van der Waals surface area (Å²) in [6.45, 7) is 1.10. The molecule has 1 aromatic heterocycles. The summed E-state index contributed by atoms with van der Waals surface area (Å²) in [4.78, 5) is 0. The predicted octanol–water partition coefficient (Wildman–Crippen LogP) is 3.56. The monoisotopic (exact) mass is 340 g/mol. The Balaban J connectivity index is 1.86. The first kappa shape index (κ1) is 13.0. The highest BCUT2D eigenvalue weighted by Gasteiger charge is 2.19. The van der Waals surface area contributed by atoms with Gasteiger partial charge in [0.1, 0.15) is 13.2 Å². The lowest BCUT2D eigenvalue weighted by Crippen LogP contribution is -2.16. The molecule has 1 aliphatic rings. The average Bonchev–Trinajstić information content (AvgIpc) is 2.91. The third-order valence-electron chi connectivity index (χ3n) is 3.01. The van der Waals surface area contributed by atoms with Crippen molar-refractivity contribution < 1.29 is 14.6 Å². The van der Waals surface area contributed by atoms with Crippen LogP contribution < -0.4 is 9.47 Å². The molecule has 0 saturated carbocycles. The van der Waals surface area contributed by atoms with Crippen molar-refractivity contribution in [1.82, 2.24) is 0 Å². The Hall–Kier alpha value is -1.04. The molecule has 2 aromatic rings. The van der Waals surface area contributed by atoms with Gasteiger partial charge in [-0.05, 0) is 56.0 Å². The quantitative estimate of drug-likeness (QED) is 0.928. The number of thiophene rings is 1. The number of rotatable bonds is 3. The van der Waals surface area contributed by atoms with E-state index >= 15 is 0 Å². The fourth-order valence-electron chi connectivity index (χ4n) is 2.07. The average molecular weight is 341 g/mol. The van der Waals surface area contributed by atoms with Gasteiger partial charge in [-0.15, -0.1) is 0 Å². The molecule has 2 heterocycles. The van der Waals surface area contributed by atoms with Crippen molar-refractivity contribution in [3.05, 3.63) is 44.6 Å². The van der Waals surface area contributed by atoms with Crippen molar-refractivity contribution in [2.75, 3.05) is 13.2 Å². The first-order chi connectivity index (χ1) is 9.24. The molecule has 1 aliphatic heterocycles. The van der Waals surface area contributed by atoms with Gasteiger partial charge < -0.3 is 14.6 Å². The number of benzene rings is 1. The Morgan fingerprint density at radius 1 is 1.32 bits per heavy atom. The van der Waals surface area contributed by atoms with E-state index in [2.05, 4.69) is 21.3 Å². The zero-order valence-corrected chi connectivity index (χ0v) is 12.5. The molecule has 0 fully saturated rings. The molecule has 0 amide bonds. The Labute approximate surface area is 123 Å². The summed E-state index contributed by atoms with van der Waals surface area (Å²) >= 11 is 5.10. The van der Waals surface area contributed by atoms with E-state index in [9.17, 15) is 5.11 Å². The largest absolute Gasteiger partial charge is 0.486 e. The second-order valence-corrected chi connectivity index (χ2v) is 6.01. The molecule has 0 spiro atoms. The molecule has 0 saturated heterocycles. The van der Waals surface area contributed by atoms with Gasteiger partial charge in [-0.1, -0.05) is 0 Å². The van der Waals surface area contributed by atoms with E-state index in [1.54, 1.807) is 11.3 Å². The van der Waals surface area contributed by atoms with Gasteiger partial charge in [-0.2, -0.15) is 11.3 Å². The lowest BCUT2D eigenvalue weighted by atomic mass is 10.0. The molecule has 0 bridgehead atoms. The maximum absolute atomic E-state index is 10.3. The molecule has 1 unspecified atom stereocenters. The van der Waals surface area contributed by atoms with E-state index in [0.29, 0.717) is 25.4 Å². The molecule has 3 nitrogen and oxygen atoms in total. The van der Waals surface area contributed by atoms with Gasteiger partial charge in [-0.25, -0.2) is 0 Å². The van der Waals surface area contributed by atoms with Crippen LogP contribution in [-0.4, -0.2) is 18.3 Å². The molecule has 0 radical (unpaired) electrons. The Morgan fingerprint density at radius 2 is 2.16 bits per heavy atom. The zero-order valence-electron chi connectivity index (χ0n) is 10.1. The Bertz CT molecular complexity index is 568. The van der Waals surface area contributed by atoms with Crippen LogP contribution in [0.4, 0.5) is 0 Å². The smallest absolute Gasteiger partial charge is 0.175 e. The highest BCUT2D eigenvalue weighted by atomic mass is 79.9. The molecule has 1 N–H and O–H groups in total. The Kier molecular flexibility index (Phi) is 3.77. The fourth-order valence-corrected chi connectivity index (χ4v) is 3.33. The lowest BCUT2D eigenvalue weighted by molar-refractivity contribution is 0.163. The van der Waals surface area contributed by atoms with Gasteiger partial charge >= 0.3 is 0 Å². The standard InChI is InChI=1S/C14H13BrO3S/c15-11-6-10(7-13-14(11)18-3-2-17-13)12(16)5-9-1-4-19-8-9/h1,4,6-8,12,16H,2-3,5H2. The molecule has 100 valence electrons. The van der Waals surface area contributed by atoms with Crippen molar-refractivity contribution in [3.8, 4) is 11.5 Å². The summed E-state index contributed by atoms with van der Waals surface area (Å²) in [5, 5.41) is 14.4. The molecule has 19 heavy (non-hydrogen) atoms. The zero-order chi connectivity index (χ0) is 13.2. The summed E-state index contributed by atoms with van der Waals surface area (Å²) in [5.41, 5.74) is 1.98. The van der Waals surface area contributed by atoms with E-state index in [0.717, 1.165) is 21.3 Å².